The van der Waals surface area contributed by atoms with E-state index in [1.165, 1.54) is 11.3 Å². The number of esters is 1. The van der Waals surface area contributed by atoms with Gasteiger partial charge in [-0.3, -0.25) is 0 Å². The predicted molar refractivity (Wildman–Crippen MR) is 52.7 cm³/mol. The van der Waals surface area contributed by atoms with Crippen LogP contribution in [0.2, 0.25) is 0 Å². The zero-order chi connectivity index (χ0) is 9.14. The molecule has 66 valence electrons. The molecule has 0 saturated carbocycles. The molecule has 12 heavy (non-hydrogen) atoms. The van der Waals surface area contributed by atoms with E-state index in [4.69, 9.17) is 4.74 Å². The van der Waals surface area contributed by atoms with Gasteiger partial charge >= 0.3 is 5.97 Å². The van der Waals surface area contributed by atoms with Crippen molar-refractivity contribution in [3.05, 3.63) is 20.3 Å². The van der Waals surface area contributed by atoms with Crippen LogP contribution in [-0.4, -0.2) is 12.6 Å². The molecule has 0 spiro atoms. The van der Waals surface area contributed by atoms with Crippen molar-refractivity contribution >= 4 is 33.2 Å². The first-order valence-corrected chi connectivity index (χ1v) is 5.24. The molecule has 0 saturated heterocycles. The van der Waals surface area contributed by atoms with Crippen molar-refractivity contribution in [2.45, 2.75) is 13.8 Å². The summed E-state index contributed by atoms with van der Waals surface area (Å²) in [5.74, 6) is -0.247. The Bertz CT molecular complexity index is 274. The van der Waals surface area contributed by atoms with Gasteiger partial charge < -0.3 is 4.74 Å². The minimum absolute atomic E-state index is 0.247. The Balaban J connectivity index is 2.93. The van der Waals surface area contributed by atoms with Crippen molar-refractivity contribution in [1.82, 2.24) is 0 Å². The minimum atomic E-state index is -0.247. The monoisotopic (exact) mass is 248 g/mol. The molecule has 0 atom stereocenters. The molecule has 0 fully saturated rings. The second kappa shape index (κ2) is 4.05. The predicted octanol–water partition coefficient (Wildman–Crippen LogP) is 3.00. The smallest absolute Gasteiger partial charge is 0.340 e. The Labute approximate surface area is 83.7 Å². The number of carbonyl (C=O) groups excluding carboxylic acids is 1. The van der Waals surface area contributed by atoms with E-state index < -0.39 is 0 Å². The Morgan fingerprint density at radius 1 is 1.75 bits per heavy atom. The van der Waals surface area contributed by atoms with Crippen molar-refractivity contribution in [2.75, 3.05) is 6.61 Å². The van der Waals surface area contributed by atoms with E-state index in [1.54, 1.807) is 6.92 Å². The first-order chi connectivity index (χ1) is 5.66. The number of rotatable bonds is 2. The maximum absolute atomic E-state index is 11.3. The van der Waals surface area contributed by atoms with Crippen LogP contribution in [0.1, 0.15) is 22.8 Å². The molecule has 0 N–H and O–H groups in total. The van der Waals surface area contributed by atoms with Crippen LogP contribution in [0.3, 0.4) is 0 Å². The summed E-state index contributed by atoms with van der Waals surface area (Å²) < 4.78 is 5.73. The highest BCUT2D eigenvalue weighted by atomic mass is 79.9. The summed E-state index contributed by atoms with van der Waals surface area (Å²) in [7, 11) is 0. The molecular formula is C8H9BrO2S. The Hall–Kier alpha value is -0.350. The second-order valence-corrected chi connectivity index (χ2v) is 4.49. The van der Waals surface area contributed by atoms with Crippen molar-refractivity contribution in [1.29, 1.82) is 0 Å². The third-order valence-electron chi connectivity index (χ3n) is 1.41. The molecule has 0 aliphatic heterocycles. The van der Waals surface area contributed by atoms with Gasteiger partial charge in [-0.25, -0.2) is 4.79 Å². The Kier molecular flexibility index (Phi) is 3.29. The number of thiophene rings is 1. The fraction of sp³-hybridized carbons (Fsp3) is 0.375. The molecule has 4 heteroatoms. The minimum Gasteiger partial charge on any atom is -0.462 e. The first-order valence-electron chi connectivity index (χ1n) is 3.57. The summed E-state index contributed by atoms with van der Waals surface area (Å²) in [4.78, 5) is 11.3. The topological polar surface area (TPSA) is 26.3 Å². The summed E-state index contributed by atoms with van der Waals surface area (Å²) in [5.41, 5.74) is 1.62. The van der Waals surface area contributed by atoms with Gasteiger partial charge in [-0.05, 0) is 40.7 Å². The number of ether oxygens (including phenoxy) is 1. The van der Waals surface area contributed by atoms with Crippen LogP contribution >= 0.6 is 27.3 Å². The van der Waals surface area contributed by atoms with Gasteiger partial charge in [-0.2, -0.15) is 0 Å². The summed E-state index contributed by atoms with van der Waals surface area (Å²) in [6.07, 6.45) is 0. The van der Waals surface area contributed by atoms with E-state index in [9.17, 15) is 4.79 Å². The summed E-state index contributed by atoms with van der Waals surface area (Å²) in [5, 5.41) is 1.93. The third kappa shape index (κ3) is 1.87. The third-order valence-corrected chi connectivity index (χ3v) is 3.25. The molecule has 1 heterocycles. The van der Waals surface area contributed by atoms with Gasteiger partial charge in [0.1, 0.15) is 0 Å². The lowest BCUT2D eigenvalue weighted by Crippen LogP contribution is -2.05. The van der Waals surface area contributed by atoms with Crippen LogP contribution in [0, 0.1) is 6.92 Å². The van der Waals surface area contributed by atoms with Crippen LogP contribution in [0.15, 0.2) is 9.17 Å². The van der Waals surface area contributed by atoms with E-state index in [-0.39, 0.29) is 5.97 Å². The zero-order valence-electron chi connectivity index (χ0n) is 6.89. The second-order valence-electron chi connectivity index (χ2n) is 2.29. The van der Waals surface area contributed by atoms with Gasteiger partial charge in [-0.15, -0.1) is 11.3 Å². The molecule has 0 radical (unpaired) electrons. The maximum Gasteiger partial charge on any atom is 0.340 e. The fourth-order valence-electron chi connectivity index (χ4n) is 0.857. The van der Waals surface area contributed by atoms with Crippen molar-refractivity contribution in [3.8, 4) is 0 Å². The van der Waals surface area contributed by atoms with Crippen LogP contribution < -0.4 is 0 Å². The van der Waals surface area contributed by atoms with Gasteiger partial charge in [0.25, 0.3) is 0 Å². The molecule has 0 bridgehead atoms. The van der Waals surface area contributed by atoms with Gasteiger partial charge in [-0.1, -0.05) is 0 Å². The van der Waals surface area contributed by atoms with Crippen LogP contribution in [0.4, 0.5) is 0 Å². The highest BCUT2D eigenvalue weighted by Gasteiger charge is 2.15. The van der Waals surface area contributed by atoms with Gasteiger partial charge in [0.15, 0.2) is 0 Å². The largest absolute Gasteiger partial charge is 0.462 e. The standard InChI is InChI=1S/C8H9BrO2S/c1-3-11-8(10)6-5(2)4-12-7(6)9/h4H,3H2,1-2H3. The molecule has 0 amide bonds. The van der Waals surface area contributed by atoms with Gasteiger partial charge in [0.05, 0.1) is 16.0 Å². The summed E-state index contributed by atoms with van der Waals surface area (Å²) in [6.45, 7) is 4.11. The van der Waals surface area contributed by atoms with Crippen LogP contribution in [-0.2, 0) is 4.74 Å². The summed E-state index contributed by atoms with van der Waals surface area (Å²) in [6, 6.07) is 0. The SMILES string of the molecule is CCOC(=O)c1c(C)csc1Br. The average Bonchev–Trinajstić information content (AvgIpc) is 2.32. The number of hydrogen-bond donors (Lipinski definition) is 0. The van der Waals surface area contributed by atoms with Gasteiger partial charge in [0, 0.05) is 0 Å². The number of carbonyl (C=O) groups is 1. The van der Waals surface area contributed by atoms with Crippen molar-refractivity contribution < 1.29 is 9.53 Å². The molecule has 1 aromatic rings. The molecule has 0 unspecified atom stereocenters. The highest BCUT2D eigenvalue weighted by Crippen LogP contribution is 2.28. The molecule has 0 aliphatic carbocycles. The number of hydrogen-bond acceptors (Lipinski definition) is 3. The highest BCUT2D eigenvalue weighted by molar-refractivity contribution is 9.11. The average molecular weight is 249 g/mol. The van der Waals surface area contributed by atoms with Crippen LogP contribution in [0.5, 0.6) is 0 Å². The maximum atomic E-state index is 11.3. The molecular weight excluding hydrogens is 240 g/mol. The number of aryl methyl sites for hydroxylation is 1. The van der Waals surface area contributed by atoms with E-state index >= 15 is 0 Å². The lowest BCUT2D eigenvalue weighted by Gasteiger charge is -2.00. The Morgan fingerprint density at radius 2 is 2.42 bits per heavy atom. The molecule has 2 nitrogen and oxygen atoms in total. The van der Waals surface area contributed by atoms with E-state index in [0.29, 0.717) is 12.2 Å². The van der Waals surface area contributed by atoms with Crippen LogP contribution in [0.25, 0.3) is 0 Å². The lowest BCUT2D eigenvalue weighted by molar-refractivity contribution is 0.0525. The van der Waals surface area contributed by atoms with Crippen molar-refractivity contribution in [3.63, 3.8) is 0 Å². The summed E-state index contributed by atoms with van der Waals surface area (Å²) >= 11 is 4.81. The van der Waals surface area contributed by atoms with Gasteiger partial charge in [0.2, 0.25) is 0 Å². The van der Waals surface area contributed by atoms with E-state index in [1.807, 2.05) is 12.3 Å². The first kappa shape index (κ1) is 9.74. The number of halogens is 1. The molecule has 1 aromatic heterocycles. The quantitative estimate of drug-likeness (QED) is 0.753. The normalized spacial score (nSPS) is 9.92. The van der Waals surface area contributed by atoms with E-state index in [2.05, 4.69) is 15.9 Å². The Morgan fingerprint density at radius 3 is 2.83 bits per heavy atom. The molecule has 1 rings (SSSR count). The lowest BCUT2D eigenvalue weighted by atomic mass is 10.2. The molecule has 0 aromatic carbocycles. The van der Waals surface area contributed by atoms with E-state index in [0.717, 1.165) is 9.35 Å². The molecule has 0 aliphatic rings. The van der Waals surface area contributed by atoms with Crippen molar-refractivity contribution in [2.24, 2.45) is 0 Å². The zero-order valence-corrected chi connectivity index (χ0v) is 9.29. The fourth-order valence-corrected chi connectivity index (χ4v) is 2.37.